The van der Waals surface area contributed by atoms with Gasteiger partial charge in [-0.1, -0.05) is 12.8 Å². The number of likely N-dealkylation sites (tertiary alicyclic amines) is 1. The number of nitro groups is 1. The third-order valence-corrected chi connectivity index (χ3v) is 4.84. The first-order valence-corrected chi connectivity index (χ1v) is 7.42. The van der Waals surface area contributed by atoms with Crippen LogP contribution in [0.25, 0.3) is 0 Å². The van der Waals surface area contributed by atoms with Gasteiger partial charge in [-0.05, 0) is 43.4 Å². The predicted octanol–water partition coefficient (Wildman–Crippen LogP) is 2.94. The summed E-state index contributed by atoms with van der Waals surface area (Å²) in [6.45, 7) is 1.84. The van der Waals surface area contributed by atoms with E-state index in [0.29, 0.717) is 11.7 Å². The summed E-state index contributed by atoms with van der Waals surface area (Å²) in [4.78, 5) is 13.0. The van der Waals surface area contributed by atoms with E-state index in [0.717, 1.165) is 24.6 Å². The highest BCUT2D eigenvalue weighted by molar-refractivity contribution is 5.52. The maximum absolute atomic E-state index is 10.9. The van der Waals surface area contributed by atoms with Gasteiger partial charge in [-0.15, -0.1) is 0 Å². The van der Waals surface area contributed by atoms with Gasteiger partial charge in [-0.2, -0.15) is 0 Å². The second-order valence-electron chi connectivity index (χ2n) is 6.01. The number of fused-ring (bicyclic) bond motifs is 1. The molecule has 108 valence electrons. The SMILES string of the molecule is Nc1ccc([N+](=O)[O-])cc1CN1CCC2CCCCC21. The highest BCUT2D eigenvalue weighted by Crippen LogP contribution is 2.37. The first kappa shape index (κ1) is 13.4. The molecule has 5 heteroatoms. The summed E-state index contributed by atoms with van der Waals surface area (Å²) >= 11 is 0. The van der Waals surface area contributed by atoms with Gasteiger partial charge in [0.25, 0.3) is 5.69 Å². The van der Waals surface area contributed by atoms with Gasteiger partial charge in [0.15, 0.2) is 0 Å². The van der Waals surface area contributed by atoms with E-state index in [1.54, 1.807) is 12.1 Å². The molecule has 1 heterocycles. The molecule has 1 saturated heterocycles. The van der Waals surface area contributed by atoms with Crippen molar-refractivity contribution in [2.24, 2.45) is 5.92 Å². The number of nitro benzene ring substituents is 1. The van der Waals surface area contributed by atoms with E-state index >= 15 is 0 Å². The Hall–Kier alpha value is -1.62. The maximum Gasteiger partial charge on any atom is 0.269 e. The van der Waals surface area contributed by atoms with Crippen LogP contribution in [0, 0.1) is 16.0 Å². The molecule has 1 aliphatic heterocycles. The van der Waals surface area contributed by atoms with Crippen molar-refractivity contribution >= 4 is 11.4 Å². The molecule has 2 N–H and O–H groups in total. The van der Waals surface area contributed by atoms with Crippen LogP contribution in [0.1, 0.15) is 37.7 Å². The quantitative estimate of drug-likeness (QED) is 0.523. The summed E-state index contributed by atoms with van der Waals surface area (Å²) in [6.07, 6.45) is 6.53. The third-order valence-electron chi connectivity index (χ3n) is 4.84. The number of benzene rings is 1. The first-order valence-electron chi connectivity index (χ1n) is 7.42. The second-order valence-corrected chi connectivity index (χ2v) is 6.01. The van der Waals surface area contributed by atoms with Crippen LogP contribution in [0.15, 0.2) is 18.2 Å². The number of rotatable bonds is 3. The number of hydrogen-bond donors (Lipinski definition) is 1. The van der Waals surface area contributed by atoms with E-state index in [1.165, 1.54) is 38.2 Å². The lowest BCUT2D eigenvalue weighted by atomic mass is 9.85. The van der Waals surface area contributed by atoms with Crippen molar-refractivity contribution in [1.29, 1.82) is 0 Å². The zero-order valence-electron chi connectivity index (χ0n) is 11.6. The van der Waals surface area contributed by atoms with Crippen molar-refractivity contribution in [3.63, 3.8) is 0 Å². The van der Waals surface area contributed by atoms with Crippen LogP contribution < -0.4 is 5.73 Å². The van der Waals surface area contributed by atoms with Gasteiger partial charge in [0.05, 0.1) is 4.92 Å². The molecule has 2 fully saturated rings. The van der Waals surface area contributed by atoms with Crippen molar-refractivity contribution < 1.29 is 4.92 Å². The Morgan fingerprint density at radius 3 is 2.90 bits per heavy atom. The summed E-state index contributed by atoms with van der Waals surface area (Å²) in [7, 11) is 0. The summed E-state index contributed by atoms with van der Waals surface area (Å²) in [5.41, 5.74) is 7.68. The first-order chi connectivity index (χ1) is 9.65. The van der Waals surface area contributed by atoms with Gasteiger partial charge in [-0.25, -0.2) is 0 Å². The number of nitrogen functional groups attached to an aromatic ring is 1. The molecule has 0 aromatic heterocycles. The highest BCUT2D eigenvalue weighted by Gasteiger charge is 2.35. The van der Waals surface area contributed by atoms with E-state index < -0.39 is 0 Å². The number of nitrogens with two attached hydrogens (primary N) is 1. The van der Waals surface area contributed by atoms with Gasteiger partial charge >= 0.3 is 0 Å². The van der Waals surface area contributed by atoms with Crippen LogP contribution in [0.4, 0.5) is 11.4 Å². The van der Waals surface area contributed by atoms with Crippen LogP contribution in [0.3, 0.4) is 0 Å². The molecule has 2 unspecified atom stereocenters. The Bertz CT molecular complexity index is 518. The molecule has 1 aliphatic carbocycles. The minimum absolute atomic E-state index is 0.133. The minimum Gasteiger partial charge on any atom is -0.398 e. The largest absolute Gasteiger partial charge is 0.398 e. The Balaban J connectivity index is 1.77. The molecule has 1 aromatic carbocycles. The second kappa shape index (κ2) is 5.40. The van der Waals surface area contributed by atoms with E-state index in [1.807, 2.05) is 0 Å². The Labute approximate surface area is 118 Å². The third kappa shape index (κ3) is 2.50. The normalized spacial score (nSPS) is 26.4. The molecular weight excluding hydrogens is 254 g/mol. The predicted molar refractivity (Wildman–Crippen MR) is 78.3 cm³/mol. The molecule has 5 nitrogen and oxygen atoms in total. The van der Waals surface area contributed by atoms with Gasteiger partial charge in [-0.3, -0.25) is 15.0 Å². The molecule has 1 aromatic rings. The molecule has 0 spiro atoms. The summed E-state index contributed by atoms with van der Waals surface area (Å²) in [5.74, 6) is 0.823. The van der Waals surface area contributed by atoms with E-state index in [-0.39, 0.29) is 10.6 Å². The average molecular weight is 275 g/mol. The average Bonchev–Trinajstić information content (AvgIpc) is 2.84. The summed E-state index contributed by atoms with van der Waals surface area (Å²) < 4.78 is 0. The molecule has 0 bridgehead atoms. The maximum atomic E-state index is 10.9. The molecule has 3 rings (SSSR count). The van der Waals surface area contributed by atoms with Crippen LogP contribution in [-0.2, 0) is 6.54 Å². The Morgan fingerprint density at radius 1 is 1.30 bits per heavy atom. The van der Waals surface area contributed by atoms with E-state index in [2.05, 4.69) is 4.90 Å². The molecular formula is C15H21N3O2. The molecule has 20 heavy (non-hydrogen) atoms. The minimum atomic E-state index is -0.351. The molecule has 0 radical (unpaired) electrons. The molecule has 1 saturated carbocycles. The van der Waals surface area contributed by atoms with Crippen LogP contribution in [-0.4, -0.2) is 22.4 Å². The van der Waals surface area contributed by atoms with Gasteiger partial charge < -0.3 is 5.73 Å². The van der Waals surface area contributed by atoms with Crippen molar-refractivity contribution in [2.45, 2.75) is 44.7 Å². The fraction of sp³-hybridized carbons (Fsp3) is 0.600. The van der Waals surface area contributed by atoms with Crippen molar-refractivity contribution in [1.82, 2.24) is 4.90 Å². The van der Waals surface area contributed by atoms with Crippen LogP contribution >= 0.6 is 0 Å². The van der Waals surface area contributed by atoms with Gasteiger partial charge in [0.1, 0.15) is 0 Å². The lowest BCUT2D eigenvalue weighted by Crippen LogP contribution is -2.34. The number of anilines is 1. The van der Waals surface area contributed by atoms with Crippen molar-refractivity contribution in [3.8, 4) is 0 Å². The zero-order chi connectivity index (χ0) is 14.1. The monoisotopic (exact) mass is 275 g/mol. The lowest BCUT2D eigenvalue weighted by Gasteiger charge is -2.31. The number of non-ortho nitro benzene ring substituents is 1. The molecule has 2 aliphatic rings. The number of hydrogen-bond acceptors (Lipinski definition) is 4. The standard InChI is InChI=1S/C15H21N3O2/c16-14-6-5-13(18(19)20)9-12(14)10-17-8-7-11-3-1-2-4-15(11)17/h5-6,9,11,15H,1-4,7-8,10,16H2. The fourth-order valence-corrected chi connectivity index (χ4v) is 3.76. The van der Waals surface area contributed by atoms with Crippen LogP contribution in [0.2, 0.25) is 0 Å². The number of nitrogens with zero attached hydrogens (tertiary/aromatic N) is 2. The summed E-state index contributed by atoms with van der Waals surface area (Å²) in [5, 5.41) is 10.9. The smallest absolute Gasteiger partial charge is 0.269 e. The summed E-state index contributed by atoms with van der Waals surface area (Å²) in [6, 6.07) is 5.42. The molecule has 0 amide bonds. The Kier molecular flexibility index (Phi) is 3.61. The lowest BCUT2D eigenvalue weighted by molar-refractivity contribution is -0.384. The highest BCUT2D eigenvalue weighted by atomic mass is 16.6. The van der Waals surface area contributed by atoms with E-state index in [9.17, 15) is 10.1 Å². The topological polar surface area (TPSA) is 72.4 Å². The Morgan fingerprint density at radius 2 is 2.10 bits per heavy atom. The van der Waals surface area contributed by atoms with Crippen LogP contribution in [0.5, 0.6) is 0 Å². The zero-order valence-corrected chi connectivity index (χ0v) is 11.6. The van der Waals surface area contributed by atoms with Gasteiger partial charge in [0, 0.05) is 30.4 Å². The fourth-order valence-electron chi connectivity index (χ4n) is 3.76. The van der Waals surface area contributed by atoms with Crippen molar-refractivity contribution in [2.75, 3.05) is 12.3 Å². The van der Waals surface area contributed by atoms with E-state index in [4.69, 9.17) is 5.73 Å². The van der Waals surface area contributed by atoms with Gasteiger partial charge in [0.2, 0.25) is 0 Å². The molecule has 2 atom stereocenters. The van der Waals surface area contributed by atoms with Crippen molar-refractivity contribution in [3.05, 3.63) is 33.9 Å².